The molecule has 0 unspecified atom stereocenters. The fourth-order valence-electron chi connectivity index (χ4n) is 2.15. The third kappa shape index (κ3) is 4.64. The first-order valence-electron chi connectivity index (χ1n) is 5.95. The van der Waals surface area contributed by atoms with Gasteiger partial charge in [0, 0.05) is 6.42 Å². The van der Waals surface area contributed by atoms with Crippen molar-refractivity contribution in [3.8, 4) is 0 Å². The van der Waals surface area contributed by atoms with Gasteiger partial charge in [-0.05, 0) is 18.3 Å². The van der Waals surface area contributed by atoms with E-state index in [2.05, 4.69) is 6.92 Å². The number of carboxylic acids is 1. The van der Waals surface area contributed by atoms with E-state index in [4.69, 9.17) is 5.11 Å². The zero-order chi connectivity index (χ0) is 10.4. The van der Waals surface area contributed by atoms with Crippen LogP contribution in [0.2, 0.25) is 0 Å². The SMILES string of the molecule is CCCCCCC[C@@H]1C[C@H]1CC(=O)O. The first-order chi connectivity index (χ1) is 6.74. The summed E-state index contributed by atoms with van der Waals surface area (Å²) in [6, 6.07) is 0. The topological polar surface area (TPSA) is 37.3 Å². The lowest BCUT2D eigenvalue weighted by molar-refractivity contribution is -0.137. The Morgan fingerprint density at radius 1 is 1.21 bits per heavy atom. The lowest BCUT2D eigenvalue weighted by atomic mass is 10.1. The van der Waals surface area contributed by atoms with Gasteiger partial charge in [0.05, 0.1) is 0 Å². The van der Waals surface area contributed by atoms with E-state index in [0.29, 0.717) is 12.3 Å². The Kier molecular flexibility index (Phi) is 4.99. The van der Waals surface area contributed by atoms with Crippen LogP contribution >= 0.6 is 0 Å². The van der Waals surface area contributed by atoms with Gasteiger partial charge in [-0.3, -0.25) is 4.79 Å². The summed E-state index contributed by atoms with van der Waals surface area (Å²) in [7, 11) is 0. The van der Waals surface area contributed by atoms with Crippen molar-refractivity contribution in [2.45, 2.75) is 58.3 Å². The third-order valence-electron chi connectivity index (χ3n) is 3.18. The molecule has 1 aliphatic carbocycles. The molecule has 1 saturated carbocycles. The Labute approximate surface area is 86.7 Å². The van der Waals surface area contributed by atoms with Gasteiger partial charge in [-0.2, -0.15) is 0 Å². The van der Waals surface area contributed by atoms with E-state index in [-0.39, 0.29) is 0 Å². The molecule has 0 aliphatic heterocycles. The van der Waals surface area contributed by atoms with Crippen molar-refractivity contribution in [1.82, 2.24) is 0 Å². The molecule has 14 heavy (non-hydrogen) atoms. The van der Waals surface area contributed by atoms with Crippen LogP contribution in [0.25, 0.3) is 0 Å². The van der Waals surface area contributed by atoms with Crippen LogP contribution in [0.3, 0.4) is 0 Å². The first-order valence-corrected chi connectivity index (χ1v) is 5.95. The maximum Gasteiger partial charge on any atom is 0.303 e. The van der Waals surface area contributed by atoms with Crippen molar-refractivity contribution in [2.75, 3.05) is 0 Å². The molecule has 0 aromatic rings. The lowest BCUT2D eigenvalue weighted by Gasteiger charge is -1.99. The van der Waals surface area contributed by atoms with Gasteiger partial charge < -0.3 is 5.11 Å². The summed E-state index contributed by atoms with van der Waals surface area (Å²) in [5.74, 6) is 0.634. The van der Waals surface area contributed by atoms with Gasteiger partial charge >= 0.3 is 5.97 Å². The molecule has 1 N–H and O–H groups in total. The fourth-order valence-corrected chi connectivity index (χ4v) is 2.15. The van der Waals surface area contributed by atoms with Crippen LogP contribution in [0.4, 0.5) is 0 Å². The second kappa shape index (κ2) is 6.05. The van der Waals surface area contributed by atoms with Crippen molar-refractivity contribution >= 4 is 5.97 Å². The van der Waals surface area contributed by atoms with E-state index >= 15 is 0 Å². The molecule has 82 valence electrons. The van der Waals surface area contributed by atoms with E-state index in [1.165, 1.54) is 44.9 Å². The van der Waals surface area contributed by atoms with Crippen LogP contribution in [0.5, 0.6) is 0 Å². The van der Waals surface area contributed by atoms with E-state index in [1.54, 1.807) is 0 Å². The molecule has 0 aromatic heterocycles. The van der Waals surface area contributed by atoms with Crippen LogP contribution in [0, 0.1) is 11.8 Å². The van der Waals surface area contributed by atoms with E-state index in [9.17, 15) is 4.79 Å². The number of unbranched alkanes of at least 4 members (excludes halogenated alkanes) is 4. The van der Waals surface area contributed by atoms with Crippen molar-refractivity contribution < 1.29 is 9.90 Å². The second-order valence-electron chi connectivity index (χ2n) is 4.56. The molecule has 0 saturated heterocycles. The summed E-state index contributed by atoms with van der Waals surface area (Å²) in [6.07, 6.45) is 9.48. The minimum absolute atomic E-state index is 0.402. The highest BCUT2D eigenvalue weighted by Crippen LogP contribution is 2.44. The van der Waals surface area contributed by atoms with E-state index < -0.39 is 5.97 Å². The molecular formula is C12H22O2. The molecule has 0 heterocycles. The number of rotatable bonds is 8. The highest BCUT2D eigenvalue weighted by atomic mass is 16.4. The molecule has 1 aliphatic rings. The smallest absolute Gasteiger partial charge is 0.303 e. The van der Waals surface area contributed by atoms with Crippen LogP contribution in [0.15, 0.2) is 0 Å². The standard InChI is InChI=1S/C12H22O2/c1-2-3-4-5-6-7-10-8-11(10)9-12(13)14/h10-11H,2-9H2,1H3,(H,13,14)/t10-,11+/m1/s1. The van der Waals surface area contributed by atoms with Gasteiger partial charge in [0.1, 0.15) is 0 Å². The molecule has 1 fully saturated rings. The predicted molar refractivity (Wildman–Crippen MR) is 57.2 cm³/mol. The van der Waals surface area contributed by atoms with Crippen molar-refractivity contribution in [2.24, 2.45) is 11.8 Å². The van der Waals surface area contributed by atoms with Crippen LogP contribution < -0.4 is 0 Å². The molecule has 0 amide bonds. The van der Waals surface area contributed by atoms with Crippen molar-refractivity contribution in [3.05, 3.63) is 0 Å². The monoisotopic (exact) mass is 198 g/mol. The average molecular weight is 198 g/mol. The summed E-state index contributed by atoms with van der Waals surface area (Å²) in [4.78, 5) is 10.4. The molecule has 0 bridgehead atoms. The minimum Gasteiger partial charge on any atom is -0.481 e. The van der Waals surface area contributed by atoms with Crippen LogP contribution in [0.1, 0.15) is 58.3 Å². The summed E-state index contributed by atoms with van der Waals surface area (Å²) in [5, 5.41) is 8.58. The van der Waals surface area contributed by atoms with Gasteiger partial charge in [-0.1, -0.05) is 45.4 Å². The summed E-state index contributed by atoms with van der Waals surface area (Å²) in [6.45, 7) is 2.23. The van der Waals surface area contributed by atoms with Gasteiger partial charge in [-0.15, -0.1) is 0 Å². The van der Waals surface area contributed by atoms with Crippen molar-refractivity contribution in [1.29, 1.82) is 0 Å². The Morgan fingerprint density at radius 2 is 1.93 bits per heavy atom. The summed E-state index contributed by atoms with van der Waals surface area (Å²) in [5.41, 5.74) is 0. The minimum atomic E-state index is -0.622. The fraction of sp³-hybridized carbons (Fsp3) is 0.917. The maximum absolute atomic E-state index is 10.4. The molecule has 2 atom stereocenters. The Morgan fingerprint density at radius 3 is 2.57 bits per heavy atom. The summed E-state index contributed by atoms with van der Waals surface area (Å²) >= 11 is 0. The Hall–Kier alpha value is -0.530. The van der Waals surface area contributed by atoms with Gasteiger partial charge in [0.25, 0.3) is 0 Å². The van der Waals surface area contributed by atoms with Crippen molar-refractivity contribution in [3.63, 3.8) is 0 Å². The zero-order valence-corrected chi connectivity index (χ0v) is 9.17. The number of hydrogen-bond donors (Lipinski definition) is 1. The zero-order valence-electron chi connectivity index (χ0n) is 9.17. The second-order valence-corrected chi connectivity index (χ2v) is 4.56. The summed E-state index contributed by atoms with van der Waals surface area (Å²) < 4.78 is 0. The lowest BCUT2D eigenvalue weighted by Crippen LogP contribution is -1.96. The van der Waals surface area contributed by atoms with Gasteiger partial charge in [0.15, 0.2) is 0 Å². The van der Waals surface area contributed by atoms with E-state index in [1.807, 2.05) is 0 Å². The Balaban J connectivity index is 1.88. The maximum atomic E-state index is 10.4. The van der Waals surface area contributed by atoms with Crippen LogP contribution in [-0.2, 0) is 4.79 Å². The number of carbonyl (C=O) groups is 1. The quantitative estimate of drug-likeness (QED) is 0.606. The molecule has 2 heteroatoms. The molecule has 2 nitrogen and oxygen atoms in total. The molecule has 0 radical (unpaired) electrons. The molecular weight excluding hydrogens is 176 g/mol. The molecule has 0 spiro atoms. The highest BCUT2D eigenvalue weighted by Gasteiger charge is 2.37. The predicted octanol–water partition coefficient (Wildman–Crippen LogP) is 3.46. The third-order valence-corrected chi connectivity index (χ3v) is 3.18. The normalized spacial score (nSPS) is 24.9. The number of carboxylic acid groups (broad SMARTS) is 1. The van der Waals surface area contributed by atoms with Crippen LogP contribution in [-0.4, -0.2) is 11.1 Å². The first kappa shape index (κ1) is 11.5. The molecule has 1 rings (SSSR count). The molecule has 0 aromatic carbocycles. The number of hydrogen-bond acceptors (Lipinski definition) is 1. The largest absolute Gasteiger partial charge is 0.481 e. The van der Waals surface area contributed by atoms with E-state index in [0.717, 1.165) is 5.92 Å². The highest BCUT2D eigenvalue weighted by molar-refractivity contribution is 5.67. The van der Waals surface area contributed by atoms with Gasteiger partial charge in [0.2, 0.25) is 0 Å². The number of aliphatic carboxylic acids is 1. The van der Waals surface area contributed by atoms with Gasteiger partial charge in [-0.25, -0.2) is 0 Å². The Bertz CT molecular complexity index is 177. The average Bonchev–Trinajstić information content (AvgIpc) is 2.82.